The second-order valence-corrected chi connectivity index (χ2v) is 5.72. The Bertz CT molecular complexity index is 458. The number of hydrogen-bond donors (Lipinski definition) is 1. The van der Waals surface area contributed by atoms with E-state index in [1.54, 1.807) is 0 Å². The summed E-state index contributed by atoms with van der Waals surface area (Å²) >= 11 is 0. The van der Waals surface area contributed by atoms with Crippen LogP contribution in [0.1, 0.15) is 45.1 Å². The van der Waals surface area contributed by atoms with Crippen molar-refractivity contribution in [1.29, 1.82) is 0 Å². The zero-order valence-electron chi connectivity index (χ0n) is 13.1. The molecule has 0 aliphatic rings. The molecule has 0 aliphatic heterocycles. The lowest BCUT2D eigenvalue weighted by atomic mass is 10.2. The summed E-state index contributed by atoms with van der Waals surface area (Å²) in [5.41, 5.74) is 0.999. The van der Waals surface area contributed by atoms with Crippen molar-refractivity contribution in [1.82, 2.24) is 15.3 Å². The molecule has 0 saturated heterocycles. The van der Waals surface area contributed by atoms with Crippen molar-refractivity contribution < 1.29 is 13.2 Å². The van der Waals surface area contributed by atoms with Crippen molar-refractivity contribution in [2.75, 3.05) is 18.5 Å². The standard InChI is InChI=1S/C14H23F3N4/c1-9(2)13-19-7-12(21(5)8-14(15,16)17)11(20-13)6-18-10(3)4/h7,9-10,18H,6,8H2,1-5H3. The van der Waals surface area contributed by atoms with Crippen LogP contribution in [0.5, 0.6) is 0 Å². The highest BCUT2D eigenvalue weighted by molar-refractivity contribution is 5.48. The SMILES string of the molecule is CC(C)NCc1nc(C(C)C)ncc1N(C)CC(F)(F)F. The van der Waals surface area contributed by atoms with Crippen LogP contribution in [0.3, 0.4) is 0 Å². The fourth-order valence-corrected chi connectivity index (χ4v) is 1.81. The summed E-state index contributed by atoms with van der Waals surface area (Å²) in [5, 5.41) is 3.19. The van der Waals surface area contributed by atoms with Crippen LogP contribution in [0, 0.1) is 0 Å². The fourth-order valence-electron chi connectivity index (χ4n) is 1.81. The summed E-state index contributed by atoms with van der Waals surface area (Å²) < 4.78 is 37.6. The number of anilines is 1. The van der Waals surface area contributed by atoms with E-state index in [0.29, 0.717) is 23.8 Å². The van der Waals surface area contributed by atoms with E-state index >= 15 is 0 Å². The van der Waals surface area contributed by atoms with Gasteiger partial charge in [-0.25, -0.2) is 9.97 Å². The van der Waals surface area contributed by atoms with E-state index in [2.05, 4.69) is 15.3 Å². The van der Waals surface area contributed by atoms with Crippen molar-refractivity contribution >= 4 is 5.69 Å². The maximum Gasteiger partial charge on any atom is 0.405 e. The Balaban J connectivity index is 3.05. The Labute approximate surface area is 123 Å². The van der Waals surface area contributed by atoms with Gasteiger partial charge >= 0.3 is 6.18 Å². The average Bonchev–Trinajstić information content (AvgIpc) is 2.33. The monoisotopic (exact) mass is 304 g/mol. The van der Waals surface area contributed by atoms with Gasteiger partial charge in [-0.2, -0.15) is 13.2 Å². The average molecular weight is 304 g/mol. The van der Waals surface area contributed by atoms with E-state index < -0.39 is 12.7 Å². The van der Waals surface area contributed by atoms with E-state index in [0.717, 1.165) is 4.90 Å². The predicted octanol–water partition coefficient (Wildman–Crippen LogP) is 3.10. The summed E-state index contributed by atoms with van der Waals surface area (Å²) in [4.78, 5) is 9.72. The summed E-state index contributed by atoms with van der Waals surface area (Å²) in [6.07, 6.45) is -2.78. The van der Waals surface area contributed by atoms with E-state index in [1.807, 2.05) is 27.7 Å². The molecule has 0 amide bonds. The van der Waals surface area contributed by atoms with Crippen molar-refractivity contribution in [3.8, 4) is 0 Å². The molecule has 0 aliphatic carbocycles. The quantitative estimate of drug-likeness (QED) is 0.877. The molecule has 120 valence electrons. The molecule has 0 unspecified atom stereocenters. The first-order valence-electron chi connectivity index (χ1n) is 6.97. The summed E-state index contributed by atoms with van der Waals surface area (Å²) in [6.45, 7) is 7.25. The van der Waals surface area contributed by atoms with Crippen LogP contribution in [0.25, 0.3) is 0 Å². The first kappa shape index (κ1) is 17.7. The maximum atomic E-state index is 12.5. The third-order valence-corrected chi connectivity index (χ3v) is 2.89. The molecule has 0 saturated carbocycles. The van der Waals surface area contributed by atoms with Gasteiger partial charge in [-0.1, -0.05) is 27.7 Å². The van der Waals surface area contributed by atoms with Gasteiger partial charge in [0.1, 0.15) is 12.4 Å². The maximum absolute atomic E-state index is 12.5. The molecule has 4 nitrogen and oxygen atoms in total. The minimum absolute atomic E-state index is 0.129. The molecule has 1 aromatic heterocycles. The van der Waals surface area contributed by atoms with Crippen molar-refractivity contribution in [2.45, 2.75) is 52.4 Å². The van der Waals surface area contributed by atoms with Crippen molar-refractivity contribution in [2.24, 2.45) is 0 Å². The minimum atomic E-state index is -4.26. The summed E-state index contributed by atoms with van der Waals surface area (Å²) in [5.74, 6) is 0.768. The molecule has 0 spiro atoms. The van der Waals surface area contributed by atoms with E-state index in [-0.39, 0.29) is 12.0 Å². The normalized spacial score (nSPS) is 12.3. The lowest BCUT2D eigenvalue weighted by Gasteiger charge is -2.24. The number of aromatic nitrogens is 2. The topological polar surface area (TPSA) is 41.1 Å². The first-order chi connectivity index (χ1) is 9.60. The summed E-state index contributed by atoms with van der Waals surface area (Å²) in [7, 11) is 1.40. The minimum Gasteiger partial charge on any atom is -0.363 e. The highest BCUT2D eigenvalue weighted by atomic mass is 19.4. The molecule has 0 aromatic carbocycles. The van der Waals surface area contributed by atoms with Gasteiger partial charge in [0.2, 0.25) is 0 Å². The van der Waals surface area contributed by atoms with Crippen LogP contribution < -0.4 is 10.2 Å². The molecular formula is C14H23F3N4. The van der Waals surface area contributed by atoms with Crippen molar-refractivity contribution in [3.63, 3.8) is 0 Å². The Morgan fingerprint density at radius 3 is 2.33 bits per heavy atom. The van der Waals surface area contributed by atoms with Crippen LogP contribution in [-0.2, 0) is 6.54 Å². The fraction of sp³-hybridized carbons (Fsp3) is 0.714. The van der Waals surface area contributed by atoms with Crippen LogP contribution in [0.15, 0.2) is 6.20 Å². The highest BCUT2D eigenvalue weighted by Crippen LogP contribution is 2.24. The Hall–Kier alpha value is -1.37. The Kier molecular flexibility index (Phi) is 5.95. The smallest absolute Gasteiger partial charge is 0.363 e. The van der Waals surface area contributed by atoms with Gasteiger partial charge in [0.15, 0.2) is 0 Å². The van der Waals surface area contributed by atoms with Gasteiger partial charge < -0.3 is 10.2 Å². The van der Waals surface area contributed by atoms with Gasteiger partial charge in [-0.15, -0.1) is 0 Å². The number of hydrogen-bond acceptors (Lipinski definition) is 4. The van der Waals surface area contributed by atoms with Gasteiger partial charge in [-0.05, 0) is 0 Å². The molecule has 0 atom stereocenters. The molecule has 1 N–H and O–H groups in total. The van der Waals surface area contributed by atoms with Crippen LogP contribution >= 0.6 is 0 Å². The van der Waals surface area contributed by atoms with Gasteiger partial charge in [0.25, 0.3) is 0 Å². The second-order valence-electron chi connectivity index (χ2n) is 5.72. The molecule has 1 heterocycles. The molecule has 1 rings (SSSR count). The van der Waals surface area contributed by atoms with Crippen LogP contribution in [-0.4, -0.2) is 35.8 Å². The second kappa shape index (κ2) is 7.06. The van der Waals surface area contributed by atoms with E-state index in [1.165, 1.54) is 13.2 Å². The van der Waals surface area contributed by atoms with Crippen LogP contribution in [0.4, 0.5) is 18.9 Å². The number of nitrogens with one attached hydrogen (secondary N) is 1. The largest absolute Gasteiger partial charge is 0.405 e. The molecule has 0 radical (unpaired) electrons. The highest BCUT2D eigenvalue weighted by Gasteiger charge is 2.30. The number of rotatable bonds is 6. The van der Waals surface area contributed by atoms with Gasteiger partial charge in [0.05, 0.1) is 17.6 Å². The molecule has 21 heavy (non-hydrogen) atoms. The third kappa shape index (κ3) is 5.87. The lowest BCUT2D eigenvalue weighted by Crippen LogP contribution is -2.33. The molecule has 7 heteroatoms. The zero-order chi connectivity index (χ0) is 16.2. The number of halogens is 3. The number of alkyl halides is 3. The Morgan fingerprint density at radius 1 is 1.24 bits per heavy atom. The van der Waals surface area contributed by atoms with E-state index in [4.69, 9.17) is 0 Å². The lowest BCUT2D eigenvalue weighted by molar-refractivity contribution is -0.119. The predicted molar refractivity (Wildman–Crippen MR) is 77.4 cm³/mol. The van der Waals surface area contributed by atoms with Gasteiger partial charge in [0, 0.05) is 25.6 Å². The van der Waals surface area contributed by atoms with E-state index in [9.17, 15) is 13.2 Å². The number of nitrogens with zero attached hydrogens (tertiary/aromatic N) is 3. The van der Waals surface area contributed by atoms with Crippen LogP contribution in [0.2, 0.25) is 0 Å². The Morgan fingerprint density at radius 2 is 1.86 bits per heavy atom. The molecular weight excluding hydrogens is 281 g/mol. The zero-order valence-corrected chi connectivity index (χ0v) is 13.1. The molecule has 0 bridgehead atoms. The first-order valence-corrected chi connectivity index (χ1v) is 6.97. The summed E-state index contributed by atoms with van der Waals surface area (Å²) in [6, 6.07) is 0.225. The van der Waals surface area contributed by atoms with Crippen molar-refractivity contribution in [3.05, 3.63) is 17.7 Å². The molecule has 0 fully saturated rings. The third-order valence-electron chi connectivity index (χ3n) is 2.89. The van der Waals surface area contributed by atoms with Gasteiger partial charge in [-0.3, -0.25) is 0 Å². The molecule has 1 aromatic rings.